The van der Waals surface area contributed by atoms with Crippen LogP contribution in [0.5, 0.6) is 0 Å². The molecule has 2 heteroatoms. The van der Waals surface area contributed by atoms with Crippen LogP contribution in [-0.4, -0.2) is 15.8 Å². The quantitative estimate of drug-likeness (QED) is 0.682. The molecule has 0 heterocycles. The molecule has 0 atom stereocenters. The van der Waals surface area contributed by atoms with Crippen molar-refractivity contribution in [2.45, 2.75) is 51.9 Å². The molecule has 0 unspecified atom stereocenters. The lowest BCUT2D eigenvalue weighted by Gasteiger charge is -2.39. The molecule has 1 aromatic rings. The molecule has 0 amide bonds. The Morgan fingerprint density at radius 3 is 1.65 bits per heavy atom. The molecule has 0 saturated carbocycles. The average molecular weight is 250 g/mol. The van der Waals surface area contributed by atoms with Gasteiger partial charge in [-0.2, -0.15) is 0 Å². The van der Waals surface area contributed by atoms with Crippen molar-refractivity contribution in [2.24, 2.45) is 0 Å². The summed E-state index contributed by atoms with van der Waals surface area (Å²) >= 11 is 0. The van der Waals surface area contributed by atoms with Crippen LogP contribution in [0.15, 0.2) is 30.3 Å². The molecule has 1 nitrogen and oxygen atoms in total. The third kappa shape index (κ3) is 3.64. The first kappa shape index (κ1) is 14.4. The molecule has 0 saturated heterocycles. The molecular weight excluding hydrogens is 227 g/mol. The maximum atomic E-state index is 12.7. The van der Waals surface area contributed by atoms with E-state index in [0.717, 1.165) is 5.56 Å². The van der Waals surface area contributed by atoms with E-state index in [1.165, 1.54) is 0 Å². The van der Waals surface area contributed by atoms with Crippen molar-refractivity contribution in [2.75, 3.05) is 0 Å². The van der Waals surface area contributed by atoms with Gasteiger partial charge in [-0.15, -0.1) is 0 Å². The average Bonchev–Trinajstić information content (AvgIpc) is 2.14. The molecule has 0 radical (unpaired) electrons. The largest absolute Gasteiger partial charge is 0.289 e. The summed E-state index contributed by atoms with van der Waals surface area (Å²) in [7, 11) is -0.719. The van der Waals surface area contributed by atoms with Gasteiger partial charge < -0.3 is 0 Å². The van der Waals surface area contributed by atoms with Gasteiger partial charge in [-0.1, -0.05) is 71.9 Å². The van der Waals surface area contributed by atoms with Gasteiger partial charge in [-0.05, 0) is 18.2 Å². The van der Waals surface area contributed by atoms with Crippen molar-refractivity contribution in [1.29, 1.82) is 0 Å². The van der Waals surface area contributed by atoms with Crippen LogP contribution in [0, 0.1) is 0 Å². The zero-order valence-corrected chi connectivity index (χ0v) is 12.6. The van der Waals surface area contributed by atoms with Gasteiger partial charge in [-0.25, -0.2) is 0 Å². The number of hydrogen-bond donors (Lipinski definition) is 0. The fourth-order valence-electron chi connectivity index (χ4n) is 2.33. The Kier molecular flexibility index (Phi) is 4.15. The molecule has 1 aromatic carbocycles. The molecule has 0 aliphatic carbocycles. The summed E-state index contributed by atoms with van der Waals surface area (Å²) in [5.74, 6) is 0. The highest BCUT2D eigenvalue weighted by atomic mass is 31.1. The van der Waals surface area contributed by atoms with Gasteiger partial charge in [0.25, 0.3) is 0 Å². The molecule has 0 aliphatic heterocycles. The lowest BCUT2D eigenvalue weighted by Crippen LogP contribution is -2.29. The van der Waals surface area contributed by atoms with Crippen LogP contribution >= 0.6 is 7.92 Å². The van der Waals surface area contributed by atoms with E-state index >= 15 is 0 Å². The Hall–Kier alpha value is -0.680. The molecule has 0 aromatic heterocycles. The number of carbonyl (C=O) groups is 1. The first-order valence-electron chi connectivity index (χ1n) is 6.04. The van der Waals surface area contributed by atoms with Crippen LogP contribution in [0.25, 0.3) is 0 Å². The fourth-order valence-corrected chi connectivity index (χ4v) is 5.96. The van der Waals surface area contributed by atoms with E-state index in [0.29, 0.717) is 5.52 Å². The minimum absolute atomic E-state index is 0.0422. The summed E-state index contributed by atoms with van der Waals surface area (Å²) < 4.78 is 0. The second-order valence-electron chi connectivity index (χ2n) is 6.35. The van der Waals surface area contributed by atoms with Gasteiger partial charge in [-0.3, -0.25) is 4.79 Å². The van der Waals surface area contributed by atoms with Gasteiger partial charge in [0.2, 0.25) is 0 Å². The molecule has 0 aliphatic rings. The van der Waals surface area contributed by atoms with Crippen molar-refractivity contribution in [3.8, 4) is 0 Å². The zero-order valence-electron chi connectivity index (χ0n) is 11.7. The Labute approximate surface area is 106 Å². The third-order valence-electron chi connectivity index (χ3n) is 2.57. The van der Waals surface area contributed by atoms with Gasteiger partial charge in [0, 0.05) is 5.56 Å². The smallest absolute Gasteiger partial charge is 0.185 e. The summed E-state index contributed by atoms with van der Waals surface area (Å²) in [5, 5.41) is 0.0843. The van der Waals surface area contributed by atoms with E-state index in [4.69, 9.17) is 0 Å². The maximum Gasteiger partial charge on any atom is 0.185 e. The van der Waals surface area contributed by atoms with E-state index in [1.54, 1.807) is 0 Å². The standard InChI is InChI=1S/C15H23OP/c1-14(2,3)17(15(4,5)6)13(16)12-10-8-7-9-11-12/h7-11H,1-6H3. The van der Waals surface area contributed by atoms with Crippen molar-refractivity contribution in [3.63, 3.8) is 0 Å². The van der Waals surface area contributed by atoms with Crippen molar-refractivity contribution < 1.29 is 4.79 Å². The van der Waals surface area contributed by atoms with E-state index in [-0.39, 0.29) is 10.3 Å². The first-order valence-corrected chi connectivity index (χ1v) is 7.38. The Morgan fingerprint density at radius 1 is 0.882 bits per heavy atom. The molecule has 1 rings (SSSR count). The van der Waals surface area contributed by atoms with Crippen molar-refractivity contribution in [1.82, 2.24) is 0 Å². The molecule has 0 bridgehead atoms. The van der Waals surface area contributed by atoms with Gasteiger partial charge >= 0.3 is 0 Å². The van der Waals surface area contributed by atoms with Crippen LogP contribution in [-0.2, 0) is 0 Å². The summed E-state index contributed by atoms with van der Waals surface area (Å²) in [5.41, 5.74) is 1.17. The molecule has 0 spiro atoms. The maximum absolute atomic E-state index is 12.7. The molecule has 0 N–H and O–H groups in total. The predicted molar refractivity (Wildman–Crippen MR) is 77.2 cm³/mol. The van der Waals surface area contributed by atoms with Gasteiger partial charge in [0.1, 0.15) is 0 Å². The van der Waals surface area contributed by atoms with Crippen molar-refractivity contribution in [3.05, 3.63) is 35.9 Å². The lowest BCUT2D eigenvalue weighted by atomic mass is 10.2. The summed E-state index contributed by atoms with van der Waals surface area (Å²) in [4.78, 5) is 12.7. The highest BCUT2D eigenvalue weighted by Gasteiger charge is 2.39. The van der Waals surface area contributed by atoms with E-state index < -0.39 is 7.92 Å². The SMILES string of the molecule is CC(C)(C)P(C(=O)c1ccccc1)C(C)(C)C. The predicted octanol–water partition coefficient (Wildman–Crippen LogP) is 4.91. The number of benzene rings is 1. The normalized spacial score (nSPS) is 12.9. The molecule has 0 fully saturated rings. The minimum Gasteiger partial charge on any atom is -0.289 e. The van der Waals surface area contributed by atoms with Crippen molar-refractivity contribution >= 4 is 13.4 Å². The van der Waals surface area contributed by atoms with E-state index in [1.807, 2.05) is 30.3 Å². The molecule has 17 heavy (non-hydrogen) atoms. The number of carbonyl (C=O) groups excluding carboxylic acids is 1. The monoisotopic (exact) mass is 250 g/mol. The Balaban J connectivity index is 3.14. The van der Waals surface area contributed by atoms with Crippen LogP contribution in [0.3, 0.4) is 0 Å². The first-order chi connectivity index (χ1) is 7.64. The fraction of sp³-hybridized carbons (Fsp3) is 0.533. The Morgan fingerprint density at radius 2 is 1.29 bits per heavy atom. The third-order valence-corrected chi connectivity index (χ3v) is 5.91. The topological polar surface area (TPSA) is 17.1 Å². The molecular formula is C15H23OP. The van der Waals surface area contributed by atoms with E-state index in [2.05, 4.69) is 41.5 Å². The van der Waals surface area contributed by atoms with E-state index in [9.17, 15) is 4.79 Å². The zero-order chi connectivity index (χ0) is 13.3. The highest BCUT2D eigenvalue weighted by Crippen LogP contribution is 2.60. The summed E-state index contributed by atoms with van der Waals surface area (Å²) in [6, 6.07) is 9.68. The number of rotatable bonds is 2. The second-order valence-corrected chi connectivity index (χ2v) is 10.1. The lowest BCUT2D eigenvalue weighted by molar-refractivity contribution is 0.107. The summed E-state index contributed by atoms with van der Waals surface area (Å²) in [6.45, 7) is 13.0. The Bertz CT molecular complexity index is 368. The molecule has 94 valence electrons. The number of hydrogen-bond acceptors (Lipinski definition) is 1. The van der Waals surface area contributed by atoms with Gasteiger partial charge in [0.05, 0.1) is 0 Å². The van der Waals surface area contributed by atoms with Crippen LogP contribution in [0.4, 0.5) is 0 Å². The highest BCUT2D eigenvalue weighted by molar-refractivity contribution is 7.78. The van der Waals surface area contributed by atoms with Crippen LogP contribution in [0.1, 0.15) is 51.9 Å². The van der Waals surface area contributed by atoms with Gasteiger partial charge in [0.15, 0.2) is 5.52 Å². The summed E-state index contributed by atoms with van der Waals surface area (Å²) in [6.07, 6.45) is 0. The minimum atomic E-state index is -0.719. The van der Waals surface area contributed by atoms with Crippen LogP contribution < -0.4 is 0 Å². The second kappa shape index (κ2) is 4.90. The van der Waals surface area contributed by atoms with Crippen LogP contribution in [0.2, 0.25) is 0 Å².